The van der Waals surface area contributed by atoms with Crippen LogP contribution in [0.15, 0.2) is 0 Å². The van der Waals surface area contributed by atoms with E-state index in [9.17, 15) is 0 Å². The third kappa shape index (κ3) is 18.4. The zero-order valence-corrected chi connectivity index (χ0v) is 15.2. The Morgan fingerprint density at radius 1 is 0.400 bits per heavy atom. The zero-order valence-electron chi connectivity index (χ0n) is 14.4. The van der Waals surface area contributed by atoms with Crippen LogP contribution in [0.5, 0.6) is 0 Å². The Bertz CT molecular complexity index is 138. The van der Waals surface area contributed by atoms with E-state index < -0.39 is 0 Å². The Morgan fingerprint density at radius 2 is 0.700 bits per heavy atom. The highest BCUT2D eigenvalue weighted by Crippen LogP contribution is 2.14. The minimum atomic E-state index is 1.36. The van der Waals surface area contributed by atoms with E-state index >= 15 is 0 Å². The van der Waals surface area contributed by atoms with Crippen molar-refractivity contribution in [2.24, 2.45) is 0 Å². The monoisotopic (exact) mass is 300 g/mol. The van der Waals surface area contributed by atoms with Crippen LogP contribution in [0.4, 0.5) is 0 Å². The molecule has 0 fully saturated rings. The molecule has 1 heteroatoms. The van der Waals surface area contributed by atoms with Crippen molar-refractivity contribution in [2.45, 2.75) is 110 Å². The van der Waals surface area contributed by atoms with E-state index in [1.54, 1.807) is 0 Å². The fourth-order valence-electron chi connectivity index (χ4n) is 2.60. The van der Waals surface area contributed by atoms with Crippen LogP contribution < -0.4 is 0 Å². The molecule has 0 aliphatic heterocycles. The maximum atomic E-state index is 2.30. The first-order chi connectivity index (χ1) is 9.91. The molecule has 0 saturated carbocycles. The fourth-order valence-corrected chi connectivity index (χ4v) is 3.62. The van der Waals surface area contributed by atoms with Crippen LogP contribution in [-0.2, 0) is 0 Å². The third-order valence-corrected chi connectivity index (χ3v) is 5.19. The molecular weight excluding hydrogens is 260 g/mol. The summed E-state index contributed by atoms with van der Waals surface area (Å²) in [7, 11) is 0. The molecule has 0 aromatic rings. The van der Waals surface area contributed by atoms with Crippen molar-refractivity contribution in [3.8, 4) is 0 Å². The van der Waals surface area contributed by atoms with Gasteiger partial charge in [0, 0.05) is 0 Å². The van der Waals surface area contributed by atoms with Crippen LogP contribution >= 0.6 is 11.8 Å². The van der Waals surface area contributed by atoms with E-state index in [0.29, 0.717) is 0 Å². The van der Waals surface area contributed by atoms with Gasteiger partial charge in [-0.3, -0.25) is 0 Å². The molecule has 0 aromatic heterocycles. The maximum absolute atomic E-state index is 2.30. The summed E-state index contributed by atoms with van der Waals surface area (Å²) in [4.78, 5) is 0. The molecule has 0 saturated heterocycles. The second-order valence-corrected chi connectivity index (χ2v) is 7.43. The van der Waals surface area contributed by atoms with E-state index in [1.165, 1.54) is 108 Å². The lowest BCUT2D eigenvalue weighted by molar-refractivity contribution is 0.555. The van der Waals surface area contributed by atoms with Gasteiger partial charge in [0.2, 0.25) is 0 Å². The van der Waals surface area contributed by atoms with Gasteiger partial charge in [-0.2, -0.15) is 11.8 Å². The summed E-state index contributed by atoms with van der Waals surface area (Å²) >= 11 is 2.18. The van der Waals surface area contributed by atoms with Crippen LogP contribution in [0.25, 0.3) is 0 Å². The average molecular weight is 301 g/mol. The van der Waals surface area contributed by atoms with E-state index in [1.807, 2.05) is 0 Å². The molecule has 0 unspecified atom stereocenters. The van der Waals surface area contributed by atoms with Crippen LogP contribution in [0.3, 0.4) is 0 Å². The Balaban J connectivity index is 2.89. The zero-order chi connectivity index (χ0) is 14.7. The van der Waals surface area contributed by atoms with E-state index in [2.05, 4.69) is 25.6 Å². The van der Waals surface area contributed by atoms with Gasteiger partial charge in [0.1, 0.15) is 0 Å². The molecule has 0 N–H and O–H groups in total. The molecule has 0 aromatic carbocycles. The lowest BCUT2D eigenvalue weighted by Gasteiger charge is -2.03. The molecular formula is C19H40S. The van der Waals surface area contributed by atoms with Crippen molar-refractivity contribution < 1.29 is 0 Å². The van der Waals surface area contributed by atoms with Crippen molar-refractivity contribution >= 4 is 11.8 Å². The quantitative estimate of drug-likeness (QED) is 0.249. The lowest BCUT2D eigenvalue weighted by Crippen LogP contribution is -1.86. The molecule has 122 valence electrons. The summed E-state index contributed by atoms with van der Waals surface area (Å²) < 4.78 is 0. The summed E-state index contributed by atoms with van der Waals surface area (Å²) in [5, 5.41) is 0. The van der Waals surface area contributed by atoms with Crippen LogP contribution in [0, 0.1) is 0 Å². The Hall–Kier alpha value is 0.350. The lowest BCUT2D eigenvalue weighted by atomic mass is 10.1. The highest BCUT2D eigenvalue weighted by molar-refractivity contribution is 7.99. The molecule has 0 rings (SSSR count). The van der Waals surface area contributed by atoms with Gasteiger partial charge in [-0.1, -0.05) is 97.3 Å². The fraction of sp³-hybridized carbons (Fsp3) is 1.00. The van der Waals surface area contributed by atoms with Crippen molar-refractivity contribution in [3.05, 3.63) is 0 Å². The molecule has 0 spiro atoms. The summed E-state index contributed by atoms with van der Waals surface area (Å²) in [6, 6.07) is 0. The van der Waals surface area contributed by atoms with Crippen LogP contribution in [-0.4, -0.2) is 11.5 Å². The first kappa shape index (κ1) is 20.3. The normalized spacial score (nSPS) is 11.1. The third-order valence-electron chi connectivity index (χ3n) is 4.03. The molecule has 0 radical (unpaired) electrons. The molecule has 0 aliphatic carbocycles. The van der Waals surface area contributed by atoms with Gasteiger partial charge in [-0.25, -0.2) is 0 Å². The number of thioether (sulfide) groups is 1. The van der Waals surface area contributed by atoms with Gasteiger partial charge in [0.25, 0.3) is 0 Å². The second-order valence-electron chi connectivity index (χ2n) is 6.21. The minimum Gasteiger partial charge on any atom is -0.162 e. The van der Waals surface area contributed by atoms with Crippen LogP contribution in [0.1, 0.15) is 110 Å². The van der Waals surface area contributed by atoms with E-state index in [4.69, 9.17) is 0 Å². The maximum Gasteiger partial charge on any atom is -0.00675 e. The first-order valence-corrected chi connectivity index (χ1v) is 10.6. The SMILES string of the molecule is CCCCCCCCCCCCCSCCCCCC. The van der Waals surface area contributed by atoms with Crippen LogP contribution in [0.2, 0.25) is 0 Å². The highest BCUT2D eigenvalue weighted by atomic mass is 32.2. The molecule has 0 heterocycles. The molecule has 0 nitrogen and oxygen atoms in total. The molecule has 0 aliphatic rings. The van der Waals surface area contributed by atoms with Gasteiger partial charge in [0.15, 0.2) is 0 Å². The largest absolute Gasteiger partial charge is 0.162 e. The van der Waals surface area contributed by atoms with E-state index in [-0.39, 0.29) is 0 Å². The Morgan fingerprint density at radius 3 is 1.10 bits per heavy atom. The predicted octanol–water partition coefficient (Wildman–Crippen LogP) is 7.61. The summed E-state index contributed by atoms with van der Waals surface area (Å²) in [5.41, 5.74) is 0. The molecule has 0 bridgehead atoms. The van der Waals surface area contributed by atoms with Gasteiger partial charge >= 0.3 is 0 Å². The average Bonchev–Trinajstić information content (AvgIpc) is 2.47. The smallest absolute Gasteiger partial charge is 0.00675 e. The summed E-state index contributed by atoms with van der Waals surface area (Å²) in [6.07, 6.45) is 21.8. The minimum absolute atomic E-state index is 1.36. The number of rotatable bonds is 17. The van der Waals surface area contributed by atoms with Gasteiger partial charge in [-0.15, -0.1) is 0 Å². The predicted molar refractivity (Wildman–Crippen MR) is 97.9 cm³/mol. The van der Waals surface area contributed by atoms with Gasteiger partial charge < -0.3 is 0 Å². The molecule has 0 atom stereocenters. The Labute approximate surface area is 133 Å². The summed E-state index contributed by atoms with van der Waals surface area (Å²) in [5.74, 6) is 2.81. The summed E-state index contributed by atoms with van der Waals surface area (Å²) in [6.45, 7) is 4.59. The molecule has 0 amide bonds. The van der Waals surface area contributed by atoms with Crippen molar-refractivity contribution in [2.75, 3.05) is 11.5 Å². The number of hydrogen-bond acceptors (Lipinski definition) is 1. The Kier molecular flexibility index (Phi) is 19.7. The van der Waals surface area contributed by atoms with Crippen molar-refractivity contribution in [1.82, 2.24) is 0 Å². The topological polar surface area (TPSA) is 0 Å². The molecule has 20 heavy (non-hydrogen) atoms. The number of hydrogen-bond donors (Lipinski definition) is 0. The first-order valence-electron chi connectivity index (χ1n) is 9.49. The van der Waals surface area contributed by atoms with Crippen molar-refractivity contribution in [1.29, 1.82) is 0 Å². The van der Waals surface area contributed by atoms with Crippen molar-refractivity contribution in [3.63, 3.8) is 0 Å². The van der Waals surface area contributed by atoms with Gasteiger partial charge in [0.05, 0.1) is 0 Å². The highest BCUT2D eigenvalue weighted by Gasteiger charge is 1.94. The second kappa shape index (κ2) is 19.4. The standard InChI is InChI=1S/C19H40S/c1-3-5-7-9-10-11-12-13-14-15-17-19-20-18-16-8-6-4-2/h3-19H2,1-2H3. The number of unbranched alkanes of at least 4 members (excludes halogenated alkanes) is 13. The van der Waals surface area contributed by atoms with E-state index in [0.717, 1.165) is 0 Å². The van der Waals surface area contributed by atoms with Gasteiger partial charge in [-0.05, 0) is 24.3 Å².